The molecule has 4 aromatic rings. The zero-order valence-electron chi connectivity index (χ0n) is 25.9. The highest BCUT2D eigenvalue weighted by Gasteiger charge is 2.55. The number of benzene rings is 2. The highest BCUT2D eigenvalue weighted by Crippen LogP contribution is 2.49. The van der Waals surface area contributed by atoms with E-state index in [-0.39, 0.29) is 34.8 Å². The van der Waals surface area contributed by atoms with E-state index < -0.39 is 50.5 Å². The maximum atomic E-state index is 15.9. The monoisotopic (exact) mass is 674 g/mol. The molecule has 2 aliphatic rings. The van der Waals surface area contributed by atoms with Gasteiger partial charge >= 0.3 is 13.7 Å². The normalized spacial score (nSPS) is 25.4. The molecule has 252 valence electrons. The summed E-state index contributed by atoms with van der Waals surface area (Å²) in [5.41, 5.74) is 4.06. The molecule has 6 atom stereocenters. The standard InChI is InChI=1S/C30H36FN6O9P/c1-17(27(38)44-19-11-13-42-14-12-19)36-47(40,46-21-10-6-8-18-7-4-5-9-20(18)21)43-15-22-24(31)30(2,39)28(45-22)37-16-33-23-25(37)34-29(32)35-26(23)41-3/h4-10,16-17,19,22,24,28,39H,11-15H2,1-3H3,(H,36,40)(H2,32,34,35)/t17-,22+,24+,28+,30+,47?/m0/s1. The van der Waals surface area contributed by atoms with Crippen LogP contribution in [0.2, 0.25) is 0 Å². The molecule has 2 fully saturated rings. The second-order valence-corrected chi connectivity index (χ2v) is 13.2. The van der Waals surface area contributed by atoms with E-state index in [0.29, 0.717) is 31.4 Å². The van der Waals surface area contributed by atoms with Gasteiger partial charge in [-0.3, -0.25) is 13.9 Å². The Morgan fingerprint density at radius 3 is 2.74 bits per heavy atom. The molecule has 0 aliphatic carbocycles. The summed E-state index contributed by atoms with van der Waals surface area (Å²) < 4.78 is 65.4. The molecule has 2 aliphatic heterocycles. The van der Waals surface area contributed by atoms with Gasteiger partial charge in [0.2, 0.25) is 11.8 Å². The zero-order valence-corrected chi connectivity index (χ0v) is 26.8. The van der Waals surface area contributed by atoms with E-state index in [1.54, 1.807) is 24.3 Å². The van der Waals surface area contributed by atoms with Gasteiger partial charge in [0.05, 0.1) is 33.3 Å². The van der Waals surface area contributed by atoms with Crippen molar-refractivity contribution in [2.24, 2.45) is 0 Å². The minimum absolute atomic E-state index is 0.0858. The number of alkyl halides is 1. The number of ether oxygens (including phenoxy) is 4. The van der Waals surface area contributed by atoms with Crippen molar-refractivity contribution in [2.45, 2.75) is 62.9 Å². The number of methoxy groups -OCH3 is 1. The van der Waals surface area contributed by atoms with E-state index in [1.807, 2.05) is 18.2 Å². The topological polar surface area (TPSA) is 191 Å². The van der Waals surface area contributed by atoms with E-state index >= 15 is 4.39 Å². The predicted molar refractivity (Wildman–Crippen MR) is 166 cm³/mol. The summed E-state index contributed by atoms with van der Waals surface area (Å²) in [5.74, 6) is -0.515. The molecule has 2 aromatic heterocycles. The lowest BCUT2D eigenvalue weighted by atomic mass is 9.98. The summed E-state index contributed by atoms with van der Waals surface area (Å²) in [6.07, 6.45) is -2.81. The van der Waals surface area contributed by atoms with Crippen LogP contribution in [0.5, 0.6) is 11.6 Å². The van der Waals surface area contributed by atoms with E-state index in [9.17, 15) is 14.5 Å². The number of esters is 1. The number of anilines is 1. The molecule has 0 saturated carbocycles. The number of carbonyl (C=O) groups is 1. The second kappa shape index (κ2) is 13.3. The van der Waals surface area contributed by atoms with Crippen LogP contribution in [0.25, 0.3) is 21.9 Å². The molecule has 4 N–H and O–H groups in total. The largest absolute Gasteiger partial charge is 0.479 e. The summed E-state index contributed by atoms with van der Waals surface area (Å²) in [4.78, 5) is 25.4. The van der Waals surface area contributed by atoms with Crippen molar-refractivity contribution in [1.29, 1.82) is 0 Å². The molecule has 2 saturated heterocycles. The van der Waals surface area contributed by atoms with Crippen molar-refractivity contribution in [3.05, 3.63) is 48.8 Å². The molecule has 0 radical (unpaired) electrons. The van der Waals surface area contributed by atoms with Crippen LogP contribution in [-0.2, 0) is 28.1 Å². The van der Waals surface area contributed by atoms with Crippen LogP contribution in [0.4, 0.5) is 10.3 Å². The number of fused-ring (bicyclic) bond motifs is 2. The number of nitrogens with one attached hydrogen (secondary N) is 1. The summed E-state index contributed by atoms with van der Waals surface area (Å²) in [5, 5.41) is 15.4. The molecular weight excluding hydrogens is 638 g/mol. The maximum Gasteiger partial charge on any atom is 0.459 e. The lowest BCUT2D eigenvalue weighted by molar-refractivity contribution is -0.154. The van der Waals surface area contributed by atoms with Crippen LogP contribution in [0, 0.1) is 0 Å². The van der Waals surface area contributed by atoms with Gasteiger partial charge in [0.1, 0.15) is 29.6 Å². The fourth-order valence-corrected chi connectivity index (χ4v) is 7.11. The number of hydrogen-bond acceptors (Lipinski definition) is 13. The van der Waals surface area contributed by atoms with Crippen LogP contribution >= 0.6 is 7.75 Å². The molecule has 17 heteroatoms. The molecule has 1 unspecified atom stereocenters. The molecule has 4 heterocycles. The summed E-state index contributed by atoms with van der Waals surface area (Å²) in [6, 6.07) is 11.3. The highest BCUT2D eigenvalue weighted by atomic mass is 31.2. The quantitative estimate of drug-likeness (QED) is 0.155. The van der Waals surface area contributed by atoms with Gasteiger partial charge in [-0.2, -0.15) is 15.1 Å². The number of halogens is 1. The van der Waals surface area contributed by atoms with Gasteiger partial charge < -0.3 is 34.3 Å². The van der Waals surface area contributed by atoms with Crippen molar-refractivity contribution in [3.8, 4) is 11.6 Å². The Balaban J connectivity index is 1.24. The average molecular weight is 675 g/mol. The second-order valence-electron chi connectivity index (χ2n) is 11.5. The van der Waals surface area contributed by atoms with Gasteiger partial charge in [-0.15, -0.1) is 0 Å². The Kier molecular flexibility index (Phi) is 9.34. The number of nitrogen functional groups attached to an aromatic ring is 1. The molecular formula is C30H36FN6O9P. The Morgan fingerprint density at radius 1 is 1.23 bits per heavy atom. The van der Waals surface area contributed by atoms with Crippen molar-refractivity contribution in [1.82, 2.24) is 24.6 Å². The smallest absolute Gasteiger partial charge is 0.459 e. The number of carbonyl (C=O) groups excluding carboxylic acids is 1. The van der Waals surface area contributed by atoms with Crippen molar-refractivity contribution in [3.63, 3.8) is 0 Å². The van der Waals surface area contributed by atoms with Crippen LogP contribution in [-0.4, -0.2) is 87.5 Å². The van der Waals surface area contributed by atoms with Gasteiger partial charge in [0, 0.05) is 18.2 Å². The number of hydrogen-bond donors (Lipinski definition) is 3. The Hall–Kier alpha value is -3.92. The number of aromatic nitrogens is 4. The molecule has 0 amide bonds. The number of aliphatic hydroxyl groups is 1. The van der Waals surface area contributed by atoms with Gasteiger partial charge in [-0.1, -0.05) is 36.4 Å². The Labute approximate surface area is 269 Å². The first-order valence-corrected chi connectivity index (χ1v) is 16.6. The van der Waals surface area contributed by atoms with Crippen LogP contribution in [0.3, 0.4) is 0 Å². The zero-order chi connectivity index (χ0) is 33.3. The van der Waals surface area contributed by atoms with Gasteiger partial charge in [-0.25, -0.2) is 13.9 Å². The molecule has 2 aromatic carbocycles. The highest BCUT2D eigenvalue weighted by molar-refractivity contribution is 7.52. The maximum absolute atomic E-state index is 15.9. The van der Waals surface area contributed by atoms with E-state index in [4.69, 9.17) is 33.7 Å². The fourth-order valence-electron chi connectivity index (χ4n) is 5.59. The SMILES string of the molecule is COc1nc(N)nc2c1ncn2[C@@H]1O[C@H](COP(=O)(N[C@@H](C)C(=O)OC2CCOCC2)Oc2cccc3ccccc23)[C@@H](F)[C@@]1(C)O. The summed E-state index contributed by atoms with van der Waals surface area (Å²) >= 11 is 0. The first-order valence-electron chi connectivity index (χ1n) is 15.0. The lowest BCUT2D eigenvalue weighted by Gasteiger charge is -2.27. The third-order valence-electron chi connectivity index (χ3n) is 8.07. The van der Waals surface area contributed by atoms with Gasteiger partial charge in [0.15, 0.2) is 23.6 Å². The third kappa shape index (κ3) is 6.75. The summed E-state index contributed by atoms with van der Waals surface area (Å²) in [6.45, 7) is 2.99. The average Bonchev–Trinajstić information content (AvgIpc) is 3.57. The van der Waals surface area contributed by atoms with E-state index in [0.717, 1.165) is 5.39 Å². The van der Waals surface area contributed by atoms with Gasteiger partial charge in [-0.05, 0) is 25.3 Å². The number of imidazole rings is 1. The minimum atomic E-state index is -4.44. The van der Waals surface area contributed by atoms with Gasteiger partial charge in [0.25, 0.3) is 0 Å². The fraction of sp³-hybridized carbons (Fsp3) is 0.467. The van der Waals surface area contributed by atoms with Crippen molar-refractivity contribution >= 4 is 41.6 Å². The molecule has 47 heavy (non-hydrogen) atoms. The molecule has 6 rings (SSSR count). The Morgan fingerprint density at radius 2 is 1.98 bits per heavy atom. The van der Waals surface area contributed by atoms with E-state index in [1.165, 1.54) is 31.9 Å². The van der Waals surface area contributed by atoms with Crippen molar-refractivity contribution < 1.29 is 46.9 Å². The first kappa shape index (κ1) is 33.0. The molecule has 15 nitrogen and oxygen atoms in total. The molecule has 0 spiro atoms. The van der Waals surface area contributed by atoms with Crippen LogP contribution in [0.15, 0.2) is 48.8 Å². The third-order valence-corrected chi connectivity index (χ3v) is 9.70. The number of rotatable bonds is 11. The minimum Gasteiger partial charge on any atom is -0.479 e. The van der Waals surface area contributed by atoms with E-state index in [2.05, 4.69) is 20.0 Å². The first-order chi connectivity index (χ1) is 22.5. The lowest BCUT2D eigenvalue weighted by Crippen LogP contribution is -2.42. The number of nitrogens with two attached hydrogens (primary N) is 1. The van der Waals surface area contributed by atoms with Crippen molar-refractivity contribution in [2.75, 3.05) is 32.7 Å². The summed E-state index contributed by atoms with van der Waals surface area (Å²) in [7, 11) is -3.06. The van der Waals surface area contributed by atoms with Crippen LogP contribution < -0.4 is 20.1 Å². The number of nitrogens with zero attached hydrogens (tertiary/aromatic N) is 4. The Bertz CT molecular complexity index is 1800. The van der Waals surface area contributed by atoms with Crippen LogP contribution in [0.1, 0.15) is 32.9 Å². The molecule has 0 bridgehead atoms. The predicted octanol–water partition coefficient (Wildman–Crippen LogP) is 3.46.